The first-order valence-corrected chi connectivity index (χ1v) is 8.72. The first kappa shape index (κ1) is 15.2. The lowest BCUT2D eigenvalue weighted by molar-refractivity contribution is 0.0366. The number of hydrogen-bond acceptors (Lipinski definition) is 5. The molecule has 2 heterocycles. The molecule has 2 aliphatic rings. The standard InChI is InChI=1S/C12H24N2O4S/c15-19(16,10-12-2-1-8-17-12)14-7-9-18-11-3-5-13-6-4-11/h11-14H,1-10H2. The van der Waals surface area contributed by atoms with E-state index in [0.29, 0.717) is 19.8 Å². The summed E-state index contributed by atoms with van der Waals surface area (Å²) in [6.45, 7) is 3.43. The topological polar surface area (TPSA) is 76.7 Å². The van der Waals surface area contributed by atoms with Gasteiger partial charge in [-0.2, -0.15) is 0 Å². The quantitative estimate of drug-likeness (QED) is 0.638. The zero-order valence-electron chi connectivity index (χ0n) is 11.3. The molecule has 0 radical (unpaired) electrons. The normalized spacial score (nSPS) is 25.8. The predicted molar refractivity (Wildman–Crippen MR) is 72.6 cm³/mol. The molecule has 0 spiro atoms. The Bertz CT molecular complexity index is 349. The Morgan fingerprint density at radius 3 is 2.74 bits per heavy atom. The van der Waals surface area contributed by atoms with Gasteiger partial charge in [0, 0.05) is 13.2 Å². The first-order chi connectivity index (χ1) is 9.16. The van der Waals surface area contributed by atoms with Crippen LogP contribution in [-0.4, -0.2) is 59.2 Å². The van der Waals surface area contributed by atoms with E-state index < -0.39 is 10.0 Å². The van der Waals surface area contributed by atoms with Gasteiger partial charge in [0.2, 0.25) is 10.0 Å². The van der Waals surface area contributed by atoms with E-state index in [1.165, 1.54) is 0 Å². The van der Waals surface area contributed by atoms with Crippen LogP contribution in [0.4, 0.5) is 0 Å². The fourth-order valence-corrected chi connectivity index (χ4v) is 3.73. The van der Waals surface area contributed by atoms with Gasteiger partial charge in [0.05, 0.1) is 24.6 Å². The van der Waals surface area contributed by atoms with Gasteiger partial charge in [-0.05, 0) is 38.8 Å². The van der Waals surface area contributed by atoms with Gasteiger partial charge in [0.25, 0.3) is 0 Å². The maximum atomic E-state index is 11.8. The number of hydrogen-bond donors (Lipinski definition) is 2. The smallest absolute Gasteiger partial charge is 0.214 e. The molecule has 2 fully saturated rings. The van der Waals surface area contributed by atoms with E-state index in [4.69, 9.17) is 9.47 Å². The molecule has 0 aromatic heterocycles. The molecule has 2 rings (SSSR count). The van der Waals surface area contributed by atoms with Crippen LogP contribution in [0.15, 0.2) is 0 Å². The molecule has 112 valence electrons. The minimum absolute atomic E-state index is 0.0698. The van der Waals surface area contributed by atoms with Crippen molar-refractivity contribution < 1.29 is 17.9 Å². The zero-order chi connectivity index (χ0) is 13.6. The summed E-state index contributed by atoms with van der Waals surface area (Å²) in [6.07, 6.45) is 3.93. The summed E-state index contributed by atoms with van der Waals surface area (Å²) in [6, 6.07) is 0. The van der Waals surface area contributed by atoms with Gasteiger partial charge in [-0.15, -0.1) is 0 Å². The minimum Gasteiger partial charge on any atom is -0.377 e. The Morgan fingerprint density at radius 2 is 2.05 bits per heavy atom. The van der Waals surface area contributed by atoms with Crippen molar-refractivity contribution in [2.45, 2.75) is 37.9 Å². The molecule has 0 saturated carbocycles. The number of piperidine rings is 1. The van der Waals surface area contributed by atoms with Crippen LogP contribution in [0.3, 0.4) is 0 Å². The molecule has 6 nitrogen and oxygen atoms in total. The lowest BCUT2D eigenvalue weighted by Crippen LogP contribution is -2.36. The Hall–Kier alpha value is -0.210. The van der Waals surface area contributed by atoms with E-state index in [9.17, 15) is 8.42 Å². The number of nitrogens with one attached hydrogen (secondary N) is 2. The predicted octanol–water partition coefficient (Wildman–Crippen LogP) is -0.147. The second kappa shape index (κ2) is 7.54. The highest BCUT2D eigenvalue weighted by atomic mass is 32.2. The molecule has 19 heavy (non-hydrogen) atoms. The molecular formula is C12H24N2O4S. The molecule has 0 aromatic carbocycles. The summed E-state index contributed by atoms with van der Waals surface area (Å²) >= 11 is 0. The van der Waals surface area contributed by atoms with Crippen LogP contribution in [0.1, 0.15) is 25.7 Å². The van der Waals surface area contributed by atoms with Crippen molar-refractivity contribution in [3.05, 3.63) is 0 Å². The van der Waals surface area contributed by atoms with Gasteiger partial charge in [0.15, 0.2) is 0 Å². The fourth-order valence-electron chi connectivity index (χ4n) is 2.46. The van der Waals surface area contributed by atoms with Crippen molar-refractivity contribution in [1.82, 2.24) is 10.0 Å². The second-order valence-electron chi connectivity index (χ2n) is 5.13. The zero-order valence-corrected chi connectivity index (χ0v) is 12.1. The van der Waals surface area contributed by atoms with Crippen molar-refractivity contribution in [2.75, 3.05) is 38.6 Å². The van der Waals surface area contributed by atoms with Crippen molar-refractivity contribution in [3.63, 3.8) is 0 Å². The summed E-state index contributed by atoms with van der Waals surface area (Å²) in [5.41, 5.74) is 0. The van der Waals surface area contributed by atoms with Crippen LogP contribution in [0, 0.1) is 0 Å². The number of rotatable bonds is 7. The molecule has 0 amide bonds. The second-order valence-corrected chi connectivity index (χ2v) is 6.98. The summed E-state index contributed by atoms with van der Waals surface area (Å²) in [4.78, 5) is 0. The van der Waals surface area contributed by atoms with E-state index in [1.807, 2.05) is 0 Å². The van der Waals surface area contributed by atoms with E-state index in [-0.39, 0.29) is 18.0 Å². The fraction of sp³-hybridized carbons (Fsp3) is 1.00. The molecule has 0 bridgehead atoms. The summed E-state index contributed by atoms with van der Waals surface area (Å²) in [5.74, 6) is 0.0698. The molecule has 7 heteroatoms. The highest BCUT2D eigenvalue weighted by Gasteiger charge is 2.23. The van der Waals surface area contributed by atoms with Gasteiger partial charge < -0.3 is 14.8 Å². The van der Waals surface area contributed by atoms with Crippen LogP contribution >= 0.6 is 0 Å². The maximum Gasteiger partial charge on any atom is 0.214 e. The van der Waals surface area contributed by atoms with Gasteiger partial charge in [0.1, 0.15) is 0 Å². The molecule has 0 aromatic rings. The maximum absolute atomic E-state index is 11.8. The van der Waals surface area contributed by atoms with Crippen molar-refractivity contribution in [1.29, 1.82) is 0 Å². The monoisotopic (exact) mass is 292 g/mol. The Labute approximate surface area is 115 Å². The molecule has 2 aliphatic heterocycles. The van der Waals surface area contributed by atoms with Crippen LogP contribution < -0.4 is 10.0 Å². The largest absolute Gasteiger partial charge is 0.377 e. The van der Waals surface area contributed by atoms with Crippen LogP contribution in [0.5, 0.6) is 0 Å². The number of sulfonamides is 1. The lowest BCUT2D eigenvalue weighted by atomic mass is 10.1. The van der Waals surface area contributed by atoms with E-state index in [1.54, 1.807) is 0 Å². The Morgan fingerprint density at radius 1 is 1.26 bits per heavy atom. The lowest BCUT2D eigenvalue weighted by Gasteiger charge is -2.23. The van der Waals surface area contributed by atoms with Gasteiger partial charge in [-0.1, -0.05) is 0 Å². The highest BCUT2D eigenvalue weighted by molar-refractivity contribution is 7.89. The molecule has 1 unspecified atom stereocenters. The Kier molecular flexibility index (Phi) is 6.03. The SMILES string of the molecule is O=S(=O)(CC1CCCO1)NCCOC1CCNCC1. The van der Waals surface area contributed by atoms with E-state index in [2.05, 4.69) is 10.0 Å². The van der Waals surface area contributed by atoms with Gasteiger partial charge in [-0.25, -0.2) is 13.1 Å². The van der Waals surface area contributed by atoms with Crippen molar-refractivity contribution >= 4 is 10.0 Å². The summed E-state index contributed by atoms with van der Waals surface area (Å²) in [5, 5.41) is 3.26. The third-order valence-corrected chi connectivity index (χ3v) is 4.95. The van der Waals surface area contributed by atoms with Crippen LogP contribution in [0.25, 0.3) is 0 Å². The number of ether oxygens (including phenoxy) is 2. The van der Waals surface area contributed by atoms with Crippen LogP contribution in [-0.2, 0) is 19.5 Å². The third-order valence-electron chi connectivity index (χ3n) is 3.49. The van der Waals surface area contributed by atoms with Gasteiger partial charge >= 0.3 is 0 Å². The molecule has 2 saturated heterocycles. The molecular weight excluding hydrogens is 268 g/mol. The van der Waals surface area contributed by atoms with E-state index >= 15 is 0 Å². The third kappa shape index (κ3) is 5.74. The minimum atomic E-state index is -3.24. The average Bonchev–Trinajstić information content (AvgIpc) is 2.88. The Balaban J connectivity index is 1.58. The highest BCUT2D eigenvalue weighted by Crippen LogP contribution is 2.13. The molecule has 0 aliphatic carbocycles. The first-order valence-electron chi connectivity index (χ1n) is 7.07. The van der Waals surface area contributed by atoms with E-state index in [0.717, 1.165) is 38.8 Å². The summed E-state index contributed by atoms with van der Waals surface area (Å²) in [7, 11) is -3.24. The summed E-state index contributed by atoms with van der Waals surface area (Å²) < 4.78 is 37.1. The van der Waals surface area contributed by atoms with Crippen molar-refractivity contribution in [2.24, 2.45) is 0 Å². The van der Waals surface area contributed by atoms with Gasteiger partial charge in [-0.3, -0.25) is 0 Å². The van der Waals surface area contributed by atoms with Crippen LogP contribution in [0.2, 0.25) is 0 Å². The van der Waals surface area contributed by atoms with Crippen molar-refractivity contribution in [3.8, 4) is 0 Å². The molecule has 2 N–H and O–H groups in total. The molecule has 1 atom stereocenters. The average molecular weight is 292 g/mol.